The van der Waals surface area contributed by atoms with Crippen LogP contribution >= 0.6 is 0 Å². The van der Waals surface area contributed by atoms with Gasteiger partial charge in [0, 0.05) is 29.9 Å². The Kier molecular flexibility index (Phi) is 4.92. The minimum Gasteiger partial charge on any atom is -0.477 e. The van der Waals surface area contributed by atoms with Crippen molar-refractivity contribution in [2.24, 2.45) is 0 Å². The zero-order valence-electron chi connectivity index (χ0n) is 13.1. The van der Waals surface area contributed by atoms with Gasteiger partial charge in [0.1, 0.15) is 6.33 Å². The first kappa shape index (κ1) is 16.9. The summed E-state index contributed by atoms with van der Waals surface area (Å²) in [7, 11) is 0. The molecule has 0 radical (unpaired) electrons. The Labute approximate surface area is 142 Å². The van der Waals surface area contributed by atoms with Gasteiger partial charge in [0.25, 0.3) is 0 Å². The van der Waals surface area contributed by atoms with Crippen LogP contribution < -0.4 is 4.74 Å². The van der Waals surface area contributed by atoms with Crippen LogP contribution in [-0.2, 0) is 12.6 Å². The summed E-state index contributed by atoms with van der Waals surface area (Å²) in [4.78, 5) is 12.3. The van der Waals surface area contributed by atoms with Gasteiger partial charge in [0.05, 0.1) is 17.9 Å². The van der Waals surface area contributed by atoms with E-state index in [1.165, 1.54) is 18.5 Å². The van der Waals surface area contributed by atoms with Crippen molar-refractivity contribution >= 4 is 0 Å². The van der Waals surface area contributed by atoms with E-state index < -0.39 is 11.7 Å². The Morgan fingerprint density at radius 3 is 2.40 bits per heavy atom. The smallest absolute Gasteiger partial charge is 0.416 e. The van der Waals surface area contributed by atoms with Gasteiger partial charge < -0.3 is 4.74 Å². The molecule has 0 bridgehead atoms. The first-order valence-corrected chi connectivity index (χ1v) is 7.55. The molecule has 0 unspecified atom stereocenters. The zero-order chi connectivity index (χ0) is 17.7. The number of aromatic nitrogens is 3. The molecule has 0 saturated heterocycles. The molecule has 2 heterocycles. The SMILES string of the molecule is FC(F)(F)c1ccc(-c2cc(OCCc3ccccn3)ncn2)cc1. The van der Waals surface area contributed by atoms with E-state index in [-0.39, 0.29) is 0 Å². The van der Waals surface area contributed by atoms with Crippen LogP contribution in [0.25, 0.3) is 11.3 Å². The molecule has 3 aromatic rings. The molecule has 2 aromatic heterocycles. The van der Waals surface area contributed by atoms with Crippen molar-refractivity contribution in [3.05, 3.63) is 72.3 Å². The average Bonchev–Trinajstić information content (AvgIpc) is 2.62. The second kappa shape index (κ2) is 7.29. The summed E-state index contributed by atoms with van der Waals surface area (Å²) in [5.74, 6) is 0.362. The standard InChI is InChI=1S/C18H14F3N3O/c19-18(20,21)14-6-4-13(5-7-14)16-11-17(24-12-23-16)25-10-8-15-3-1-2-9-22-15/h1-7,9,11-12H,8,10H2. The summed E-state index contributed by atoms with van der Waals surface area (Å²) < 4.78 is 43.4. The van der Waals surface area contributed by atoms with E-state index in [0.717, 1.165) is 17.8 Å². The van der Waals surface area contributed by atoms with E-state index >= 15 is 0 Å². The summed E-state index contributed by atoms with van der Waals surface area (Å²) >= 11 is 0. The van der Waals surface area contributed by atoms with Crippen LogP contribution in [0.1, 0.15) is 11.3 Å². The molecule has 7 heteroatoms. The van der Waals surface area contributed by atoms with Crippen molar-refractivity contribution in [1.29, 1.82) is 0 Å². The van der Waals surface area contributed by atoms with Gasteiger partial charge in [-0.15, -0.1) is 0 Å². The molecule has 128 valence electrons. The average molecular weight is 345 g/mol. The third kappa shape index (κ3) is 4.53. The van der Waals surface area contributed by atoms with Crippen molar-refractivity contribution in [3.63, 3.8) is 0 Å². The lowest BCUT2D eigenvalue weighted by Gasteiger charge is -2.08. The monoisotopic (exact) mass is 345 g/mol. The second-order valence-electron chi connectivity index (χ2n) is 5.24. The molecule has 1 aromatic carbocycles. The Morgan fingerprint density at radius 2 is 1.72 bits per heavy atom. The highest BCUT2D eigenvalue weighted by molar-refractivity contribution is 5.60. The van der Waals surface area contributed by atoms with Crippen LogP contribution in [0.5, 0.6) is 5.88 Å². The van der Waals surface area contributed by atoms with E-state index in [0.29, 0.717) is 30.2 Å². The predicted molar refractivity (Wildman–Crippen MR) is 85.9 cm³/mol. The zero-order valence-corrected chi connectivity index (χ0v) is 13.1. The van der Waals surface area contributed by atoms with Gasteiger partial charge >= 0.3 is 6.18 Å². The van der Waals surface area contributed by atoms with E-state index in [1.807, 2.05) is 18.2 Å². The summed E-state index contributed by atoms with van der Waals surface area (Å²) in [6.45, 7) is 0.389. The number of nitrogens with zero attached hydrogens (tertiary/aromatic N) is 3. The van der Waals surface area contributed by atoms with Crippen LogP contribution in [0.3, 0.4) is 0 Å². The molecule has 3 rings (SSSR count). The lowest BCUT2D eigenvalue weighted by atomic mass is 10.1. The van der Waals surface area contributed by atoms with Gasteiger partial charge in [-0.3, -0.25) is 4.98 Å². The predicted octanol–water partition coefficient (Wildman–Crippen LogP) is 4.18. The van der Waals surface area contributed by atoms with Crippen LogP contribution in [0.15, 0.2) is 61.1 Å². The van der Waals surface area contributed by atoms with Gasteiger partial charge in [-0.2, -0.15) is 13.2 Å². The molecule has 25 heavy (non-hydrogen) atoms. The number of pyridine rings is 1. The topological polar surface area (TPSA) is 47.9 Å². The molecular weight excluding hydrogens is 331 g/mol. The number of hydrogen-bond donors (Lipinski definition) is 0. The first-order chi connectivity index (χ1) is 12.0. The van der Waals surface area contributed by atoms with Gasteiger partial charge in [0.2, 0.25) is 5.88 Å². The molecule has 0 atom stereocenters. The summed E-state index contributed by atoms with van der Waals surface area (Å²) in [5, 5.41) is 0. The van der Waals surface area contributed by atoms with Crippen LogP contribution in [0.2, 0.25) is 0 Å². The highest BCUT2D eigenvalue weighted by atomic mass is 19.4. The number of rotatable bonds is 5. The molecule has 0 fully saturated rings. The molecular formula is C18H14F3N3O. The Hall–Kier alpha value is -2.96. The van der Waals surface area contributed by atoms with E-state index in [4.69, 9.17) is 4.74 Å². The van der Waals surface area contributed by atoms with E-state index in [1.54, 1.807) is 12.3 Å². The van der Waals surface area contributed by atoms with Crippen LogP contribution in [-0.4, -0.2) is 21.6 Å². The lowest BCUT2D eigenvalue weighted by Crippen LogP contribution is -2.05. The minimum absolute atomic E-state index is 0.362. The molecule has 0 aliphatic rings. The normalized spacial score (nSPS) is 11.3. The maximum atomic E-state index is 12.6. The maximum Gasteiger partial charge on any atom is 0.416 e. The highest BCUT2D eigenvalue weighted by Gasteiger charge is 2.30. The Balaban J connectivity index is 1.67. The fraction of sp³-hybridized carbons (Fsp3) is 0.167. The highest BCUT2D eigenvalue weighted by Crippen LogP contribution is 2.30. The van der Waals surface area contributed by atoms with E-state index in [2.05, 4.69) is 15.0 Å². The van der Waals surface area contributed by atoms with Crippen molar-refractivity contribution in [2.45, 2.75) is 12.6 Å². The maximum absolute atomic E-state index is 12.6. The quantitative estimate of drug-likeness (QED) is 0.696. The van der Waals surface area contributed by atoms with Gasteiger partial charge in [-0.1, -0.05) is 18.2 Å². The fourth-order valence-electron chi connectivity index (χ4n) is 2.21. The van der Waals surface area contributed by atoms with Crippen LogP contribution in [0, 0.1) is 0 Å². The fourth-order valence-corrected chi connectivity index (χ4v) is 2.21. The minimum atomic E-state index is -4.36. The van der Waals surface area contributed by atoms with Crippen molar-refractivity contribution in [1.82, 2.24) is 15.0 Å². The summed E-state index contributed by atoms with van der Waals surface area (Å²) in [6, 6.07) is 12.0. The number of hydrogen-bond acceptors (Lipinski definition) is 4. The molecule has 4 nitrogen and oxygen atoms in total. The first-order valence-electron chi connectivity index (χ1n) is 7.55. The second-order valence-corrected chi connectivity index (χ2v) is 5.24. The molecule has 0 aliphatic heterocycles. The van der Waals surface area contributed by atoms with Crippen molar-refractivity contribution in [2.75, 3.05) is 6.61 Å². The third-order valence-corrected chi connectivity index (χ3v) is 3.48. The number of benzene rings is 1. The lowest BCUT2D eigenvalue weighted by molar-refractivity contribution is -0.137. The van der Waals surface area contributed by atoms with Crippen molar-refractivity contribution in [3.8, 4) is 17.1 Å². The largest absolute Gasteiger partial charge is 0.477 e. The Bertz CT molecular complexity index is 821. The summed E-state index contributed by atoms with van der Waals surface area (Å²) in [5.41, 5.74) is 1.26. The number of ether oxygens (including phenoxy) is 1. The molecule has 0 N–H and O–H groups in total. The van der Waals surface area contributed by atoms with Gasteiger partial charge in [0.15, 0.2) is 0 Å². The van der Waals surface area contributed by atoms with E-state index in [9.17, 15) is 13.2 Å². The molecule has 0 saturated carbocycles. The number of halogens is 3. The van der Waals surface area contributed by atoms with Gasteiger partial charge in [-0.05, 0) is 24.3 Å². The molecule has 0 aliphatic carbocycles. The Morgan fingerprint density at radius 1 is 0.920 bits per heavy atom. The number of alkyl halides is 3. The van der Waals surface area contributed by atoms with Gasteiger partial charge in [-0.25, -0.2) is 9.97 Å². The summed E-state index contributed by atoms with van der Waals surface area (Å²) in [6.07, 6.45) is -0.698. The third-order valence-electron chi connectivity index (χ3n) is 3.48. The molecule has 0 amide bonds. The molecule has 0 spiro atoms. The van der Waals surface area contributed by atoms with Crippen molar-refractivity contribution < 1.29 is 17.9 Å². The van der Waals surface area contributed by atoms with Crippen LogP contribution in [0.4, 0.5) is 13.2 Å².